The molecule has 0 radical (unpaired) electrons. The number of likely N-dealkylation sites (tertiary alicyclic amines) is 1. The third-order valence-electron chi connectivity index (χ3n) is 4.25. The molecule has 2 N–H and O–H groups in total. The molecule has 1 aliphatic rings. The van der Waals surface area contributed by atoms with Crippen molar-refractivity contribution in [3.05, 3.63) is 70.8 Å². The van der Waals surface area contributed by atoms with E-state index in [1.54, 1.807) is 67.6 Å². The summed E-state index contributed by atoms with van der Waals surface area (Å²) in [6.07, 6.45) is 2.81. The molecule has 1 aliphatic heterocycles. The van der Waals surface area contributed by atoms with Crippen molar-refractivity contribution in [2.24, 2.45) is 0 Å². The minimum Gasteiger partial charge on any atom is -0.508 e. The molecule has 0 aliphatic carbocycles. The van der Waals surface area contributed by atoms with Crippen LogP contribution in [0.5, 0.6) is 11.5 Å². The number of carbonyl (C=O) groups is 2. The second-order valence-corrected chi connectivity index (χ2v) is 6.41. The van der Waals surface area contributed by atoms with Crippen LogP contribution in [-0.4, -0.2) is 46.7 Å². The fourth-order valence-corrected chi connectivity index (χ4v) is 3.01. The Hall–Kier alpha value is -3.54. The molecule has 1 heterocycles. The number of nitrogens with zero attached hydrogens (tertiary/aromatic N) is 1. The van der Waals surface area contributed by atoms with Gasteiger partial charge in [-0.05, 0) is 54.5 Å². The molecule has 6 nitrogen and oxygen atoms in total. The predicted molar refractivity (Wildman–Crippen MR) is 106 cm³/mol. The Balaban J connectivity index is 1.99. The second kappa shape index (κ2) is 8.43. The number of benzene rings is 2. The van der Waals surface area contributed by atoms with Crippen molar-refractivity contribution in [2.75, 3.05) is 19.7 Å². The Labute approximate surface area is 163 Å². The van der Waals surface area contributed by atoms with E-state index in [1.165, 1.54) is 4.90 Å². The molecule has 28 heavy (non-hydrogen) atoms. The molecule has 1 fully saturated rings. The Morgan fingerprint density at radius 1 is 1.00 bits per heavy atom. The molecule has 0 unspecified atom stereocenters. The summed E-state index contributed by atoms with van der Waals surface area (Å²) in [6.45, 7) is 2.19. The number of phenols is 2. The molecule has 0 saturated carbocycles. The van der Waals surface area contributed by atoms with Gasteiger partial charge in [-0.3, -0.25) is 9.69 Å². The van der Waals surface area contributed by atoms with Crippen molar-refractivity contribution in [2.45, 2.75) is 6.92 Å². The highest BCUT2D eigenvalue weighted by atomic mass is 16.6. The zero-order valence-electron chi connectivity index (χ0n) is 15.5. The van der Waals surface area contributed by atoms with E-state index in [9.17, 15) is 19.8 Å². The average molecular weight is 379 g/mol. The molecular weight excluding hydrogens is 358 g/mol. The van der Waals surface area contributed by atoms with Gasteiger partial charge in [0.1, 0.15) is 11.5 Å². The van der Waals surface area contributed by atoms with E-state index in [2.05, 4.69) is 0 Å². The smallest absolute Gasteiger partial charge is 0.410 e. The molecule has 144 valence electrons. The van der Waals surface area contributed by atoms with Crippen LogP contribution in [-0.2, 0) is 9.53 Å². The van der Waals surface area contributed by atoms with Crippen molar-refractivity contribution >= 4 is 24.0 Å². The number of piperidine rings is 1. The highest BCUT2D eigenvalue weighted by molar-refractivity contribution is 6.15. The zero-order chi connectivity index (χ0) is 20.1. The number of amides is 1. The molecule has 1 saturated heterocycles. The summed E-state index contributed by atoms with van der Waals surface area (Å²) in [5.74, 6) is -0.00185. The third-order valence-corrected chi connectivity index (χ3v) is 4.25. The van der Waals surface area contributed by atoms with Crippen LogP contribution in [0.15, 0.2) is 59.7 Å². The highest BCUT2D eigenvalue weighted by Crippen LogP contribution is 2.24. The summed E-state index contributed by atoms with van der Waals surface area (Å²) < 4.78 is 5.09. The average Bonchev–Trinajstić information content (AvgIpc) is 2.65. The van der Waals surface area contributed by atoms with Gasteiger partial charge in [-0.25, -0.2) is 4.79 Å². The lowest BCUT2D eigenvalue weighted by molar-refractivity contribution is -0.113. The van der Waals surface area contributed by atoms with Gasteiger partial charge < -0.3 is 14.9 Å². The quantitative estimate of drug-likeness (QED) is 0.796. The number of rotatable bonds is 3. The Morgan fingerprint density at radius 2 is 1.50 bits per heavy atom. The molecule has 0 bridgehead atoms. The molecule has 3 rings (SSSR count). The molecule has 2 aromatic carbocycles. The van der Waals surface area contributed by atoms with Crippen LogP contribution in [0, 0.1) is 0 Å². The van der Waals surface area contributed by atoms with Gasteiger partial charge in [-0.1, -0.05) is 24.3 Å². The lowest BCUT2D eigenvalue weighted by atomic mass is 9.94. The van der Waals surface area contributed by atoms with Crippen LogP contribution in [0.4, 0.5) is 4.79 Å². The molecule has 6 heteroatoms. The first-order chi connectivity index (χ1) is 13.5. The topological polar surface area (TPSA) is 87.1 Å². The number of carbonyl (C=O) groups excluding carboxylic acids is 2. The van der Waals surface area contributed by atoms with E-state index in [0.717, 1.165) is 0 Å². The zero-order valence-corrected chi connectivity index (χ0v) is 15.5. The van der Waals surface area contributed by atoms with Crippen molar-refractivity contribution in [3.8, 4) is 11.5 Å². The summed E-state index contributed by atoms with van der Waals surface area (Å²) in [4.78, 5) is 26.7. The summed E-state index contributed by atoms with van der Waals surface area (Å²) in [5.41, 5.74) is 2.14. The fraction of sp³-hybridized carbons (Fsp3) is 0.182. The first-order valence-corrected chi connectivity index (χ1v) is 8.92. The maximum absolute atomic E-state index is 13.0. The van der Waals surface area contributed by atoms with Gasteiger partial charge in [0.05, 0.1) is 19.7 Å². The molecule has 0 atom stereocenters. The number of ketones is 1. The predicted octanol–water partition coefficient (Wildman–Crippen LogP) is 3.61. The minimum absolute atomic E-state index is 0.0929. The lowest BCUT2D eigenvalue weighted by Gasteiger charge is -2.29. The van der Waals surface area contributed by atoms with Gasteiger partial charge in [0.25, 0.3) is 0 Å². The Morgan fingerprint density at radius 3 is 1.93 bits per heavy atom. The number of aromatic hydroxyl groups is 2. The van der Waals surface area contributed by atoms with Gasteiger partial charge in [0.2, 0.25) is 0 Å². The number of hydrogen-bond donors (Lipinski definition) is 2. The Bertz CT molecular complexity index is 893. The van der Waals surface area contributed by atoms with Crippen LogP contribution in [0.25, 0.3) is 12.2 Å². The van der Waals surface area contributed by atoms with Gasteiger partial charge in [0, 0.05) is 11.1 Å². The monoisotopic (exact) mass is 379 g/mol. The SMILES string of the molecule is CCOC(=O)N1C/C(=C/c2cccc(O)c2)C(=O)/C(=C/c2cccc(O)c2)C1. The summed E-state index contributed by atoms with van der Waals surface area (Å²) >= 11 is 0. The van der Waals surface area contributed by atoms with Gasteiger partial charge in [-0.15, -0.1) is 0 Å². The fourth-order valence-electron chi connectivity index (χ4n) is 3.01. The van der Waals surface area contributed by atoms with Crippen molar-refractivity contribution in [1.82, 2.24) is 4.90 Å². The van der Waals surface area contributed by atoms with E-state index in [0.29, 0.717) is 22.3 Å². The van der Waals surface area contributed by atoms with Crippen LogP contribution < -0.4 is 0 Å². The van der Waals surface area contributed by atoms with Gasteiger partial charge in [0.15, 0.2) is 5.78 Å². The number of Topliss-reactive ketones (excluding diaryl/α,β-unsaturated/α-hetero) is 1. The number of phenolic OH excluding ortho intramolecular Hbond substituents is 2. The summed E-state index contributed by atoms with van der Waals surface area (Å²) in [6, 6.07) is 13.1. The van der Waals surface area contributed by atoms with Crippen molar-refractivity contribution in [1.29, 1.82) is 0 Å². The standard InChI is InChI=1S/C22H21NO5/c1-2-28-22(27)23-13-17(9-15-5-3-7-19(24)11-15)21(26)18(14-23)10-16-6-4-8-20(25)12-16/h3-12,24-25H,2,13-14H2,1H3/b17-9-,18-10+. The molecule has 1 amide bonds. The van der Waals surface area contributed by atoms with E-state index in [4.69, 9.17) is 4.74 Å². The van der Waals surface area contributed by atoms with Crippen LogP contribution in [0.1, 0.15) is 18.1 Å². The normalized spacial score (nSPS) is 17.2. The maximum Gasteiger partial charge on any atom is 0.410 e. The maximum atomic E-state index is 13.0. The molecular formula is C22H21NO5. The molecule has 2 aromatic rings. The largest absolute Gasteiger partial charge is 0.508 e. The third kappa shape index (κ3) is 4.59. The van der Waals surface area contributed by atoms with Crippen LogP contribution >= 0.6 is 0 Å². The first kappa shape index (κ1) is 19.2. The van der Waals surface area contributed by atoms with Crippen LogP contribution in [0.2, 0.25) is 0 Å². The van der Waals surface area contributed by atoms with Crippen molar-refractivity contribution in [3.63, 3.8) is 0 Å². The number of ether oxygens (including phenoxy) is 1. The van der Waals surface area contributed by atoms with E-state index < -0.39 is 6.09 Å². The van der Waals surface area contributed by atoms with E-state index >= 15 is 0 Å². The lowest BCUT2D eigenvalue weighted by Crippen LogP contribution is -2.41. The first-order valence-electron chi connectivity index (χ1n) is 8.92. The molecule has 0 aromatic heterocycles. The van der Waals surface area contributed by atoms with Gasteiger partial charge in [-0.2, -0.15) is 0 Å². The summed E-state index contributed by atoms with van der Waals surface area (Å²) in [7, 11) is 0. The van der Waals surface area contributed by atoms with E-state index in [1.807, 2.05) is 0 Å². The Kier molecular flexibility index (Phi) is 5.79. The highest BCUT2D eigenvalue weighted by Gasteiger charge is 2.29. The minimum atomic E-state index is -0.501. The summed E-state index contributed by atoms with van der Waals surface area (Å²) in [5, 5.41) is 19.3. The molecule has 0 spiro atoms. The van der Waals surface area contributed by atoms with Crippen LogP contribution in [0.3, 0.4) is 0 Å². The van der Waals surface area contributed by atoms with E-state index in [-0.39, 0.29) is 37.0 Å². The number of hydrogen-bond acceptors (Lipinski definition) is 5. The van der Waals surface area contributed by atoms with Crippen molar-refractivity contribution < 1.29 is 24.5 Å². The van der Waals surface area contributed by atoms with Gasteiger partial charge >= 0.3 is 6.09 Å². The second-order valence-electron chi connectivity index (χ2n) is 6.41.